The number of halogens is 1. The van der Waals surface area contributed by atoms with Crippen molar-refractivity contribution in [1.82, 2.24) is 4.90 Å². The molecule has 0 aliphatic heterocycles. The first-order valence-corrected chi connectivity index (χ1v) is 8.57. The maximum Gasteiger partial charge on any atom is 0.125 e. The van der Waals surface area contributed by atoms with Gasteiger partial charge < -0.3 is 9.64 Å². The summed E-state index contributed by atoms with van der Waals surface area (Å²) in [4.78, 5) is 2.35. The van der Waals surface area contributed by atoms with Crippen molar-refractivity contribution in [2.45, 2.75) is 46.0 Å². The molecule has 0 unspecified atom stereocenters. The molecule has 2 nitrogen and oxygen atoms in total. The quantitative estimate of drug-likeness (QED) is 0.667. The fourth-order valence-corrected chi connectivity index (χ4v) is 3.01. The summed E-state index contributed by atoms with van der Waals surface area (Å²) >= 11 is 0. The molecule has 1 fully saturated rings. The summed E-state index contributed by atoms with van der Waals surface area (Å²) in [6, 6.07) is 6.71. The van der Waals surface area contributed by atoms with E-state index < -0.39 is 0 Å². The van der Waals surface area contributed by atoms with Crippen molar-refractivity contribution in [3.63, 3.8) is 0 Å². The molecule has 0 bridgehead atoms. The van der Waals surface area contributed by atoms with Crippen molar-refractivity contribution in [3.8, 4) is 0 Å². The average Bonchev–Trinajstić information content (AvgIpc) is 2.57. The normalized spacial score (nSPS) is 15.2. The van der Waals surface area contributed by atoms with Crippen molar-refractivity contribution < 1.29 is 9.13 Å². The highest BCUT2D eigenvalue weighted by Crippen LogP contribution is 2.31. The maximum atomic E-state index is 13.2. The van der Waals surface area contributed by atoms with E-state index in [0.717, 1.165) is 43.8 Å². The Hall–Kier alpha value is -1.35. The maximum absolute atomic E-state index is 13.2. The molecule has 0 heterocycles. The van der Waals surface area contributed by atoms with E-state index >= 15 is 0 Å². The number of ether oxygens (including phenoxy) is 1. The summed E-state index contributed by atoms with van der Waals surface area (Å²) in [7, 11) is 0. The van der Waals surface area contributed by atoms with Gasteiger partial charge in [0.15, 0.2) is 0 Å². The van der Waals surface area contributed by atoms with Gasteiger partial charge in [-0.1, -0.05) is 20.3 Å². The molecule has 1 aromatic rings. The van der Waals surface area contributed by atoms with Crippen LogP contribution in [0, 0.1) is 5.82 Å². The minimum absolute atomic E-state index is 0.195. The molecule has 0 spiro atoms. The fraction of sp³-hybridized carbons (Fsp3) is 0.579. The van der Waals surface area contributed by atoms with Crippen molar-refractivity contribution >= 4 is 5.76 Å². The van der Waals surface area contributed by atoms with Crippen molar-refractivity contribution in [1.29, 1.82) is 0 Å². The van der Waals surface area contributed by atoms with Gasteiger partial charge in [0.2, 0.25) is 0 Å². The molecule has 1 saturated carbocycles. The molecule has 0 atom stereocenters. The highest BCUT2D eigenvalue weighted by molar-refractivity contribution is 5.63. The molecule has 0 N–H and O–H groups in total. The Kier molecular flexibility index (Phi) is 6.91. The van der Waals surface area contributed by atoms with Gasteiger partial charge in [-0.3, -0.25) is 0 Å². The third-order valence-corrected chi connectivity index (χ3v) is 4.43. The second-order valence-corrected chi connectivity index (χ2v) is 5.88. The van der Waals surface area contributed by atoms with E-state index in [1.165, 1.54) is 37.0 Å². The van der Waals surface area contributed by atoms with E-state index in [2.05, 4.69) is 18.7 Å². The average molecular weight is 305 g/mol. The lowest BCUT2D eigenvalue weighted by molar-refractivity contribution is 0.199. The fourth-order valence-electron chi connectivity index (χ4n) is 3.01. The number of benzene rings is 1. The number of allylic oxidation sites excluding steroid dienone is 1. The van der Waals surface area contributed by atoms with Crippen LogP contribution >= 0.6 is 0 Å². The second kappa shape index (κ2) is 8.94. The van der Waals surface area contributed by atoms with Gasteiger partial charge in [0, 0.05) is 12.1 Å². The largest absolute Gasteiger partial charge is 0.492 e. The van der Waals surface area contributed by atoms with Crippen LogP contribution in [0.3, 0.4) is 0 Å². The molecule has 1 aliphatic rings. The highest BCUT2D eigenvalue weighted by Gasteiger charge is 2.15. The molecule has 1 aliphatic carbocycles. The van der Waals surface area contributed by atoms with Crippen LogP contribution in [0.2, 0.25) is 0 Å². The second-order valence-electron chi connectivity index (χ2n) is 5.88. The van der Waals surface area contributed by atoms with Gasteiger partial charge in [0.25, 0.3) is 0 Å². The molecule has 22 heavy (non-hydrogen) atoms. The van der Waals surface area contributed by atoms with Gasteiger partial charge in [-0.25, -0.2) is 4.39 Å². The summed E-state index contributed by atoms with van der Waals surface area (Å²) in [6.45, 7) is 8.06. The first-order valence-electron chi connectivity index (χ1n) is 8.57. The smallest absolute Gasteiger partial charge is 0.125 e. The number of nitrogens with zero attached hydrogens (tertiary/aromatic N) is 1. The molecule has 0 saturated heterocycles. The van der Waals surface area contributed by atoms with Gasteiger partial charge in [-0.05, 0) is 68.6 Å². The van der Waals surface area contributed by atoms with Crippen molar-refractivity contribution in [2.24, 2.45) is 0 Å². The van der Waals surface area contributed by atoms with E-state index in [0.29, 0.717) is 6.61 Å². The summed E-state index contributed by atoms with van der Waals surface area (Å²) in [5.41, 5.74) is 2.41. The Balaban J connectivity index is 2.10. The van der Waals surface area contributed by atoms with E-state index in [1.807, 2.05) is 12.1 Å². The summed E-state index contributed by atoms with van der Waals surface area (Å²) in [5.74, 6) is 0.798. The predicted molar refractivity (Wildman–Crippen MR) is 90.1 cm³/mol. The SMILES string of the molecule is CCN(CC)CCOC(=C1CCCCC1)c1ccc(F)cc1. The van der Waals surface area contributed by atoms with Crippen molar-refractivity contribution in [2.75, 3.05) is 26.2 Å². The topological polar surface area (TPSA) is 12.5 Å². The molecule has 122 valence electrons. The van der Waals surface area contributed by atoms with Gasteiger partial charge in [-0.2, -0.15) is 0 Å². The minimum Gasteiger partial charge on any atom is -0.492 e. The number of hydrogen-bond donors (Lipinski definition) is 0. The lowest BCUT2D eigenvalue weighted by atomic mass is 9.92. The van der Waals surface area contributed by atoms with Crippen LogP contribution in [-0.4, -0.2) is 31.1 Å². The molecular weight excluding hydrogens is 277 g/mol. The molecule has 0 radical (unpaired) electrons. The molecule has 3 heteroatoms. The Bertz CT molecular complexity index is 469. The van der Waals surface area contributed by atoms with E-state index in [1.54, 1.807) is 0 Å². The van der Waals surface area contributed by atoms with Crippen LogP contribution in [0.25, 0.3) is 5.76 Å². The monoisotopic (exact) mass is 305 g/mol. The van der Waals surface area contributed by atoms with E-state index in [-0.39, 0.29) is 5.82 Å². The number of rotatable bonds is 7. The summed E-state index contributed by atoms with van der Waals surface area (Å²) in [6.07, 6.45) is 5.99. The Morgan fingerprint density at radius 3 is 2.27 bits per heavy atom. The van der Waals surface area contributed by atoms with Crippen LogP contribution in [0.5, 0.6) is 0 Å². The summed E-state index contributed by atoms with van der Waals surface area (Å²) in [5, 5.41) is 0. The molecule has 0 aromatic heterocycles. The van der Waals surface area contributed by atoms with E-state index in [9.17, 15) is 4.39 Å². The zero-order chi connectivity index (χ0) is 15.8. The Morgan fingerprint density at radius 2 is 1.68 bits per heavy atom. The van der Waals surface area contributed by atoms with Crippen LogP contribution in [0.15, 0.2) is 29.8 Å². The van der Waals surface area contributed by atoms with Crippen LogP contribution in [0.1, 0.15) is 51.5 Å². The van der Waals surface area contributed by atoms with Gasteiger partial charge in [0.05, 0.1) is 0 Å². The van der Waals surface area contributed by atoms with Gasteiger partial charge >= 0.3 is 0 Å². The first-order chi connectivity index (χ1) is 10.7. The molecule has 2 rings (SSSR count). The molecular formula is C19H28FNO. The summed E-state index contributed by atoms with van der Waals surface area (Å²) < 4.78 is 19.3. The predicted octanol–water partition coefficient (Wildman–Crippen LogP) is 4.86. The van der Waals surface area contributed by atoms with Crippen LogP contribution in [-0.2, 0) is 4.74 Å². The lowest BCUT2D eigenvalue weighted by Gasteiger charge is -2.22. The van der Waals surface area contributed by atoms with E-state index in [4.69, 9.17) is 4.74 Å². The Morgan fingerprint density at radius 1 is 1.05 bits per heavy atom. The number of hydrogen-bond acceptors (Lipinski definition) is 2. The first kappa shape index (κ1) is 17.0. The lowest BCUT2D eigenvalue weighted by Crippen LogP contribution is -2.27. The van der Waals surface area contributed by atoms with Crippen LogP contribution in [0.4, 0.5) is 4.39 Å². The molecule has 0 amide bonds. The Labute approximate surface area is 134 Å². The minimum atomic E-state index is -0.195. The highest BCUT2D eigenvalue weighted by atomic mass is 19.1. The third-order valence-electron chi connectivity index (χ3n) is 4.43. The third kappa shape index (κ3) is 4.84. The zero-order valence-electron chi connectivity index (χ0n) is 13.9. The van der Waals surface area contributed by atoms with Gasteiger partial charge in [0.1, 0.15) is 18.2 Å². The zero-order valence-corrected chi connectivity index (χ0v) is 13.9. The van der Waals surface area contributed by atoms with Crippen molar-refractivity contribution in [3.05, 3.63) is 41.2 Å². The van der Waals surface area contributed by atoms with Crippen LogP contribution < -0.4 is 0 Å². The standard InChI is InChI=1S/C19H28FNO/c1-3-21(4-2)14-15-22-19(16-8-6-5-7-9-16)17-10-12-18(20)13-11-17/h10-13H,3-9,14-15H2,1-2H3. The molecule has 1 aromatic carbocycles. The van der Waals surface area contributed by atoms with Gasteiger partial charge in [-0.15, -0.1) is 0 Å². The number of likely N-dealkylation sites (N-methyl/N-ethyl adjacent to an activating group) is 1.